The van der Waals surface area contributed by atoms with E-state index in [0.717, 1.165) is 23.2 Å². The number of amides is 1. The Bertz CT molecular complexity index is 408. The lowest BCUT2D eigenvalue weighted by Gasteiger charge is -2.18. The Balaban J connectivity index is 2.08. The molecule has 92 valence electrons. The number of likely N-dealkylation sites (tertiary alicyclic amines) is 1. The van der Waals surface area contributed by atoms with Gasteiger partial charge < -0.3 is 9.64 Å². The SMILES string of the molecule is COc1ccccc1CN1CC(CBr)CC1=O. The van der Waals surface area contributed by atoms with Crippen molar-refractivity contribution in [3.8, 4) is 5.75 Å². The van der Waals surface area contributed by atoms with Crippen LogP contribution in [0.15, 0.2) is 24.3 Å². The Morgan fingerprint density at radius 3 is 2.88 bits per heavy atom. The molecular formula is C13H16BrNO2. The van der Waals surface area contributed by atoms with Crippen molar-refractivity contribution in [1.29, 1.82) is 0 Å². The lowest BCUT2D eigenvalue weighted by Crippen LogP contribution is -2.24. The number of hydrogen-bond donors (Lipinski definition) is 0. The third-order valence-corrected chi connectivity index (χ3v) is 3.98. The molecule has 1 aromatic rings. The molecule has 0 aliphatic carbocycles. The maximum atomic E-state index is 11.8. The number of nitrogens with zero attached hydrogens (tertiary/aromatic N) is 1. The summed E-state index contributed by atoms with van der Waals surface area (Å²) in [5, 5.41) is 0.890. The van der Waals surface area contributed by atoms with Crippen LogP contribution >= 0.6 is 15.9 Å². The van der Waals surface area contributed by atoms with Gasteiger partial charge in [-0.15, -0.1) is 0 Å². The van der Waals surface area contributed by atoms with E-state index >= 15 is 0 Å². The minimum absolute atomic E-state index is 0.236. The minimum atomic E-state index is 0.236. The van der Waals surface area contributed by atoms with Crippen LogP contribution in [0.25, 0.3) is 0 Å². The normalized spacial score (nSPS) is 19.8. The summed E-state index contributed by atoms with van der Waals surface area (Å²) in [4.78, 5) is 13.7. The lowest BCUT2D eigenvalue weighted by atomic mass is 10.1. The van der Waals surface area contributed by atoms with E-state index in [1.54, 1.807) is 7.11 Å². The summed E-state index contributed by atoms with van der Waals surface area (Å²) in [5.41, 5.74) is 1.07. The third-order valence-electron chi connectivity index (χ3n) is 3.07. The molecule has 3 nitrogen and oxygen atoms in total. The zero-order chi connectivity index (χ0) is 12.3. The number of rotatable bonds is 4. The van der Waals surface area contributed by atoms with Gasteiger partial charge in [0.1, 0.15) is 5.75 Å². The maximum Gasteiger partial charge on any atom is 0.223 e. The van der Waals surface area contributed by atoms with E-state index in [2.05, 4.69) is 15.9 Å². The van der Waals surface area contributed by atoms with Crippen molar-refractivity contribution in [2.45, 2.75) is 13.0 Å². The van der Waals surface area contributed by atoms with Gasteiger partial charge in [-0.25, -0.2) is 0 Å². The molecule has 0 N–H and O–H groups in total. The monoisotopic (exact) mass is 297 g/mol. The fourth-order valence-electron chi connectivity index (χ4n) is 2.15. The van der Waals surface area contributed by atoms with Crippen LogP contribution in [0.3, 0.4) is 0 Å². The van der Waals surface area contributed by atoms with Crippen molar-refractivity contribution in [3.63, 3.8) is 0 Å². The summed E-state index contributed by atoms with van der Waals surface area (Å²) in [6.07, 6.45) is 0.653. The Labute approximate surface area is 110 Å². The highest BCUT2D eigenvalue weighted by molar-refractivity contribution is 9.09. The van der Waals surface area contributed by atoms with Crippen molar-refractivity contribution < 1.29 is 9.53 Å². The van der Waals surface area contributed by atoms with Crippen LogP contribution in [0, 0.1) is 5.92 Å². The van der Waals surface area contributed by atoms with Gasteiger partial charge in [0.05, 0.1) is 7.11 Å². The van der Waals surface area contributed by atoms with Crippen LogP contribution < -0.4 is 4.74 Å². The quantitative estimate of drug-likeness (QED) is 0.799. The highest BCUT2D eigenvalue weighted by Crippen LogP contribution is 2.25. The number of benzene rings is 1. The summed E-state index contributed by atoms with van der Waals surface area (Å²) in [6, 6.07) is 7.85. The van der Waals surface area contributed by atoms with Crippen LogP contribution in [0.2, 0.25) is 0 Å². The predicted molar refractivity (Wildman–Crippen MR) is 70.3 cm³/mol. The Hall–Kier alpha value is -1.03. The van der Waals surface area contributed by atoms with Gasteiger partial charge in [-0.2, -0.15) is 0 Å². The number of ether oxygens (including phenoxy) is 1. The van der Waals surface area contributed by atoms with Gasteiger partial charge in [0.25, 0.3) is 0 Å². The van der Waals surface area contributed by atoms with Crippen LogP contribution in [-0.2, 0) is 11.3 Å². The van der Waals surface area contributed by atoms with Gasteiger partial charge in [0, 0.05) is 30.4 Å². The van der Waals surface area contributed by atoms with Gasteiger partial charge in [-0.1, -0.05) is 34.1 Å². The maximum absolute atomic E-state index is 11.8. The number of carbonyl (C=O) groups is 1. The first-order valence-corrected chi connectivity index (χ1v) is 6.82. The van der Waals surface area contributed by atoms with E-state index in [9.17, 15) is 4.79 Å². The molecule has 1 unspecified atom stereocenters. The zero-order valence-electron chi connectivity index (χ0n) is 9.86. The van der Waals surface area contributed by atoms with Crippen molar-refractivity contribution in [1.82, 2.24) is 4.90 Å². The summed E-state index contributed by atoms with van der Waals surface area (Å²) in [7, 11) is 1.66. The largest absolute Gasteiger partial charge is 0.496 e. The van der Waals surface area contributed by atoms with Gasteiger partial charge in [-0.3, -0.25) is 4.79 Å². The molecule has 1 atom stereocenters. The van der Waals surface area contributed by atoms with Gasteiger partial charge in [0.15, 0.2) is 0 Å². The Kier molecular flexibility index (Phi) is 4.05. The number of methoxy groups -OCH3 is 1. The second-order valence-corrected chi connectivity index (χ2v) is 4.96. The molecule has 0 saturated carbocycles. The number of alkyl halides is 1. The van der Waals surface area contributed by atoms with Crippen molar-refractivity contribution >= 4 is 21.8 Å². The van der Waals surface area contributed by atoms with E-state index in [4.69, 9.17) is 4.74 Å². The van der Waals surface area contributed by atoms with E-state index < -0.39 is 0 Å². The van der Waals surface area contributed by atoms with Gasteiger partial charge >= 0.3 is 0 Å². The molecule has 1 fully saturated rings. The van der Waals surface area contributed by atoms with Crippen molar-refractivity contribution in [2.24, 2.45) is 5.92 Å². The van der Waals surface area contributed by atoms with Crippen LogP contribution in [0.4, 0.5) is 0 Å². The second kappa shape index (κ2) is 5.54. The first-order chi connectivity index (χ1) is 8.24. The van der Waals surface area contributed by atoms with E-state index in [1.165, 1.54) is 0 Å². The third kappa shape index (κ3) is 2.80. The first kappa shape index (κ1) is 12.4. The molecule has 1 aliphatic heterocycles. The highest BCUT2D eigenvalue weighted by Gasteiger charge is 2.28. The van der Waals surface area contributed by atoms with E-state index in [-0.39, 0.29) is 5.91 Å². The number of para-hydroxylation sites is 1. The molecule has 1 amide bonds. The van der Waals surface area contributed by atoms with Gasteiger partial charge in [0.2, 0.25) is 5.91 Å². The summed E-state index contributed by atoms with van der Waals surface area (Å²) >= 11 is 3.44. The molecular weight excluding hydrogens is 282 g/mol. The molecule has 17 heavy (non-hydrogen) atoms. The van der Waals surface area contributed by atoms with Gasteiger partial charge in [-0.05, 0) is 12.0 Å². The molecule has 4 heteroatoms. The fourth-order valence-corrected chi connectivity index (χ4v) is 2.58. The standard InChI is InChI=1S/C13H16BrNO2/c1-17-12-5-3-2-4-11(12)9-15-8-10(7-14)6-13(15)16/h2-5,10H,6-9H2,1H3. The average Bonchev–Trinajstić information content (AvgIpc) is 2.71. The molecule has 0 aromatic heterocycles. The van der Waals surface area contributed by atoms with Crippen molar-refractivity contribution in [3.05, 3.63) is 29.8 Å². The topological polar surface area (TPSA) is 29.5 Å². The molecule has 0 spiro atoms. The van der Waals surface area contributed by atoms with Crippen LogP contribution in [0.5, 0.6) is 5.75 Å². The molecule has 1 heterocycles. The molecule has 1 aliphatic rings. The summed E-state index contributed by atoms with van der Waals surface area (Å²) in [6.45, 7) is 1.48. The predicted octanol–water partition coefficient (Wildman–Crippen LogP) is 2.44. The molecule has 0 bridgehead atoms. The van der Waals surface area contributed by atoms with E-state index in [1.807, 2.05) is 29.2 Å². The number of halogens is 1. The molecule has 1 saturated heterocycles. The zero-order valence-corrected chi connectivity index (χ0v) is 11.4. The van der Waals surface area contributed by atoms with E-state index in [0.29, 0.717) is 18.9 Å². The minimum Gasteiger partial charge on any atom is -0.496 e. The fraction of sp³-hybridized carbons (Fsp3) is 0.462. The smallest absolute Gasteiger partial charge is 0.223 e. The molecule has 2 rings (SSSR count). The van der Waals surface area contributed by atoms with Crippen molar-refractivity contribution in [2.75, 3.05) is 19.0 Å². The number of carbonyl (C=O) groups excluding carboxylic acids is 1. The first-order valence-electron chi connectivity index (χ1n) is 5.70. The average molecular weight is 298 g/mol. The summed E-state index contributed by atoms with van der Waals surface area (Å²) < 4.78 is 5.30. The van der Waals surface area contributed by atoms with Crippen LogP contribution in [0.1, 0.15) is 12.0 Å². The lowest BCUT2D eigenvalue weighted by molar-refractivity contribution is -0.128. The Morgan fingerprint density at radius 2 is 2.24 bits per heavy atom. The highest BCUT2D eigenvalue weighted by atomic mass is 79.9. The Morgan fingerprint density at radius 1 is 1.47 bits per heavy atom. The molecule has 0 radical (unpaired) electrons. The molecule has 1 aromatic carbocycles. The number of hydrogen-bond acceptors (Lipinski definition) is 2. The van der Waals surface area contributed by atoms with Crippen LogP contribution in [-0.4, -0.2) is 29.8 Å². The second-order valence-electron chi connectivity index (χ2n) is 4.31. The summed E-state index contributed by atoms with van der Waals surface area (Å²) in [5.74, 6) is 1.53.